The van der Waals surface area contributed by atoms with Crippen molar-refractivity contribution in [1.29, 1.82) is 0 Å². The van der Waals surface area contributed by atoms with Crippen LogP contribution in [0.4, 0.5) is 24.8 Å². The largest absolute Gasteiger partial charge is 0.418 e. The van der Waals surface area contributed by atoms with Gasteiger partial charge in [-0.2, -0.15) is 13.2 Å². The predicted molar refractivity (Wildman–Crippen MR) is 105 cm³/mol. The average molecular weight is 416 g/mol. The molecule has 6 rings (SSSR count). The Bertz CT molecular complexity index is 1100. The molecule has 3 aromatic rings. The van der Waals surface area contributed by atoms with E-state index in [2.05, 4.69) is 25.6 Å². The molecule has 5 heterocycles. The van der Waals surface area contributed by atoms with E-state index >= 15 is 0 Å². The van der Waals surface area contributed by atoms with Gasteiger partial charge in [-0.05, 0) is 37.1 Å². The molecule has 3 aliphatic heterocycles. The smallest absolute Gasteiger partial charge is 0.334 e. The summed E-state index contributed by atoms with van der Waals surface area (Å²) in [5, 5.41) is 10.4. The molecule has 0 unspecified atom stereocenters. The van der Waals surface area contributed by atoms with Crippen molar-refractivity contribution in [2.45, 2.75) is 31.1 Å². The van der Waals surface area contributed by atoms with Gasteiger partial charge in [-0.3, -0.25) is 4.79 Å². The first-order chi connectivity index (χ1) is 14.4. The Labute approximate surface area is 169 Å². The molecule has 2 bridgehead atoms. The van der Waals surface area contributed by atoms with Crippen molar-refractivity contribution < 1.29 is 18.0 Å². The summed E-state index contributed by atoms with van der Waals surface area (Å²) in [7, 11) is 0. The quantitative estimate of drug-likeness (QED) is 0.687. The van der Waals surface area contributed by atoms with Gasteiger partial charge < -0.3 is 15.5 Å². The van der Waals surface area contributed by atoms with Gasteiger partial charge in [-0.15, -0.1) is 5.10 Å². The molecule has 2 aromatic heterocycles. The lowest BCUT2D eigenvalue weighted by atomic mass is 9.93. The van der Waals surface area contributed by atoms with Crippen LogP contribution in [-0.2, 0) is 6.18 Å². The summed E-state index contributed by atoms with van der Waals surface area (Å²) in [4.78, 5) is 19.4. The van der Waals surface area contributed by atoms with Gasteiger partial charge >= 0.3 is 6.18 Å². The van der Waals surface area contributed by atoms with Gasteiger partial charge in [0.05, 0.1) is 23.0 Å². The zero-order valence-corrected chi connectivity index (χ0v) is 15.9. The van der Waals surface area contributed by atoms with E-state index in [0.717, 1.165) is 32.0 Å². The van der Waals surface area contributed by atoms with E-state index in [1.165, 1.54) is 28.8 Å². The fraction of sp³-hybridized carbons (Fsp3) is 0.350. The van der Waals surface area contributed by atoms with Crippen molar-refractivity contribution in [2.75, 3.05) is 23.3 Å². The minimum Gasteiger partial charge on any atom is -0.334 e. The van der Waals surface area contributed by atoms with Gasteiger partial charge in [0.25, 0.3) is 5.91 Å². The Hall–Kier alpha value is -3.14. The molecule has 1 amide bonds. The molecule has 0 saturated carbocycles. The van der Waals surface area contributed by atoms with Crippen LogP contribution < -0.4 is 15.5 Å². The van der Waals surface area contributed by atoms with Crippen molar-refractivity contribution in [1.82, 2.24) is 19.9 Å². The average Bonchev–Trinajstić information content (AvgIpc) is 3.17. The maximum absolute atomic E-state index is 13.2. The van der Waals surface area contributed by atoms with Crippen molar-refractivity contribution >= 4 is 23.1 Å². The van der Waals surface area contributed by atoms with E-state index < -0.39 is 17.6 Å². The number of hydrogen-bond acceptors (Lipinski definition) is 5. The molecular formula is C20H19F3N6O. The van der Waals surface area contributed by atoms with Gasteiger partial charge in [0.15, 0.2) is 0 Å². The van der Waals surface area contributed by atoms with Crippen molar-refractivity contribution in [3.63, 3.8) is 0 Å². The summed E-state index contributed by atoms with van der Waals surface area (Å²) in [5.74, 6) is -0.155. The molecule has 1 aromatic carbocycles. The first-order valence-corrected chi connectivity index (χ1v) is 9.72. The zero-order valence-electron chi connectivity index (χ0n) is 15.9. The van der Waals surface area contributed by atoms with Crippen LogP contribution in [0.3, 0.4) is 0 Å². The maximum atomic E-state index is 13.2. The normalized spacial score (nSPS) is 21.2. The third-order valence-electron chi connectivity index (χ3n) is 5.71. The second kappa shape index (κ2) is 6.98. The highest BCUT2D eigenvalue weighted by Crippen LogP contribution is 2.34. The summed E-state index contributed by atoms with van der Waals surface area (Å²) >= 11 is 0. The van der Waals surface area contributed by atoms with E-state index in [1.54, 1.807) is 12.3 Å². The number of rotatable bonds is 3. The van der Waals surface area contributed by atoms with Crippen LogP contribution in [0.2, 0.25) is 0 Å². The molecule has 3 fully saturated rings. The highest BCUT2D eigenvalue weighted by molar-refractivity contribution is 6.04. The Kier molecular flexibility index (Phi) is 4.39. The number of anilines is 2. The van der Waals surface area contributed by atoms with E-state index in [9.17, 15) is 18.0 Å². The van der Waals surface area contributed by atoms with Crippen LogP contribution >= 0.6 is 0 Å². The molecule has 10 heteroatoms. The highest BCUT2D eigenvalue weighted by Gasteiger charge is 2.35. The zero-order chi connectivity index (χ0) is 20.9. The number of alkyl halides is 3. The number of nitrogens with one attached hydrogen (secondary N) is 2. The number of nitrogens with zero attached hydrogens (tertiary/aromatic N) is 4. The number of carbonyl (C=O) groups excluding carboxylic acids is 1. The SMILES string of the molecule is O=C(Nc1ccccc1C(F)(F)F)c1ccc2cnc(N3C[C@H]4CC[C@@H]3CN4)nn12. The number of aromatic nitrogens is 3. The summed E-state index contributed by atoms with van der Waals surface area (Å²) in [5.41, 5.74) is -0.454. The molecule has 3 aliphatic rings. The van der Waals surface area contributed by atoms with Crippen LogP contribution in [0.25, 0.3) is 5.52 Å². The van der Waals surface area contributed by atoms with E-state index in [0.29, 0.717) is 23.5 Å². The van der Waals surface area contributed by atoms with Crippen LogP contribution in [-0.4, -0.2) is 45.7 Å². The second-order valence-electron chi connectivity index (χ2n) is 7.60. The number of piperidine rings is 2. The Morgan fingerprint density at radius 2 is 2.00 bits per heavy atom. The van der Waals surface area contributed by atoms with Gasteiger partial charge in [-0.1, -0.05) is 12.1 Å². The molecule has 156 valence electrons. The van der Waals surface area contributed by atoms with Gasteiger partial charge in [0.2, 0.25) is 5.95 Å². The number of benzene rings is 1. The molecule has 0 radical (unpaired) electrons. The fourth-order valence-electron chi connectivity index (χ4n) is 4.18. The number of fused-ring (bicyclic) bond motifs is 4. The van der Waals surface area contributed by atoms with Crippen molar-refractivity contribution in [2.24, 2.45) is 0 Å². The summed E-state index contributed by atoms with van der Waals surface area (Å²) in [6, 6.07) is 8.77. The van der Waals surface area contributed by atoms with Crippen LogP contribution in [0, 0.1) is 0 Å². The topological polar surface area (TPSA) is 74.6 Å². The Morgan fingerprint density at radius 3 is 2.70 bits per heavy atom. The molecule has 3 saturated heterocycles. The number of hydrogen-bond donors (Lipinski definition) is 2. The lowest BCUT2D eigenvalue weighted by Crippen LogP contribution is -2.61. The lowest BCUT2D eigenvalue weighted by Gasteiger charge is -2.45. The number of carbonyl (C=O) groups is 1. The number of halogens is 3. The summed E-state index contributed by atoms with van der Waals surface area (Å²) < 4.78 is 41.2. The fourth-order valence-corrected chi connectivity index (χ4v) is 4.18. The number of para-hydroxylation sites is 1. The van der Waals surface area contributed by atoms with Crippen molar-refractivity contribution in [3.8, 4) is 0 Å². The van der Waals surface area contributed by atoms with Gasteiger partial charge in [-0.25, -0.2) is 9.50 Å². The molecule has 2 N–H and O–H groups in total. The number of amides is 1. The summed E-state index contributed by atoms with van der Waals surface area (Å²) in [6.45, 7) is 1.65. The highest BCUT2D eigenvalue weighted by atomic mass is 19.4. The van der Waals surface area contributed by atoms with Crippen LogP contribution in [0.1, 0.15) is 28.9 Å². The van der Waals surface area contributed by atoms with Crippen LogP contribution in [0.5, 0.6) is 0 Å². The van der Waals surface area contributed by atoms with E-state index in [-0.39, 0.29) is 11.4 Å². The third-order valence-corrected chi connectivity index (χ3v) is 5.71. The minimum atomic E-state index is -4.57. The minimum absolute atomic E-state index is 0.144. The molecule has 2 atom stereocenters. The van der Waals surface area contributed by atoms with E-state index in [4.69, 9.17) is 0 Å². The van der Waals surface area contributed by atoms with Gasteiger partial charge in [0.1, 0.15) is 5.69 Å². The molecule has 7 nitrogen and oxygen atoms in total. The molecule has 0 aliphatic carbocycles. The van der Waals surface area contributed by atoms with Gasteiger partial charge in [0, 0.05) is 25.2 Å². The third kappa shape index (κ3) is 3.26. The first kappa shape index (κ1) is 18.9. The van der Waals surface area contributed by atoms with Crippen molar-refractivity contribution in [3.05, 3.63) is 53.9 Å². The monoisotopic (exact) mass is 416 g/mol. The maximum Gasteiger partial charge on any atom is 0.418 e. The predicted octanol–water partition coefficient (Wildman–Crippen LogP) is 2.94. The first-order valence-electron chi connectivity index (χ1n) is 9.72. The van der Waals surface area contributed by atoms with E-state index in [1.807, 2.05) is 0 Å². The molecule has 30 heavy (non-hydrogen) atoms. The Morgan fingerprint density at radius 1 is 1.17 bits per heavy atom. The Balaban J connectivity index is 1.46. The molecule has 0 spiro atoms. The number of piperazine rings is 1. The summed E-state index contributed by atoms with van der Waals surface area (Å²) in [6.07, 6.45) is -0.786. The standard InChI is InChI=1S/C20H19F3N6O/c21-20(22,23)15-3-1-2-4-16(15)26-18(30)17-8-7-14-10-25-19(27-29(14)17)28-11-12-5-6-13(28)9-24-12/h1-4,7-8,10,12-13,24H,5-6,9,11H2,(H,26,30)/t12-,13-/m1/s1. The second-order valence-corrected chi connectivity index (χ2v) is 7.60. The van der Waals surface area contributed by atoms with Crippen LogP contribution in [0.15, 0.2) is 42.6 Å². The molecular weight excluding hydrogens is 397 g/mol. The lowest BCUT2D eigenvalue weighted by molar-refractivity contribution is -0.136.